The molecule has 98 valence electrons. The Balaban J connectivity index is 2.04. The molecule has 18 heavy (non-hydrogen) atoms. The average molecular weight is 251 g/mol. The second-order valence-electron chi connectivity index (χ2n) is 4.54. The SMILES string of the molecule is COC1CCC(Nc2ccc([N+](=O)[O-])cc2N)C1. The van der Waals surface area contributed by atoms with E-state index in [1.54, 1.807) is 13.2 Å². The second-order valence-corrected chi connectivity index (χ2v) is 4.54. The van der Waals surface area contributed by atoms with Crippen LogP contribution in [-0.2, 0) is 4.74 Å². The van der Waals surface area contributed by atoms with Crippen molar-refractivity contribution in [1.82, 2.24) is 0 Å². The van der Waals surface area contributed by atoms with E-state index < -0.39 is 4.92 Å². The summed E-state index contributed by atoms with van der Waals surface area (Å²) in [5.41, 5.74) is 6.98. The van der Waals surface area contributed by atoms with Crippen molar-refractivity contribution in [3.63, 3.8) is 0 Å². The van der Waals surface area contributed by atoms with Crippen LogP contribution >= 0.6 is 0 Å². The fourth-order valence-corrected chi connectivity index (χ4v) is 2.30. The van der Waals surface area contributed by atoms with Crippen molar-refractivity contribution in [3.05, 3.63) is 28.3 Å². The van der Waals surface area contributed by atoms with Crippen LogP contribution in [0.5, 0.6) is 0 Å². The minimum atomic E-state index is -0.448. The highest BCUT2D eigenvalue weighted by molar-refractivity contribution is 5.69. The molecule has 0 heterocycles. The molecule has 0 spiro atoms. The van der Waals surface area contributed by atoms with Crippen LogP contribution in [0.2, 0.25) is 0 Å². The molecule has 2 rings (SSSR count). The van der Waals surface area contributed by atoms with Gasteiger partial charge in [-0.3, -0.25) is 10.1 Å². The lowest BCUT2D eigenvalue weighted by Crippen LogP contribution is -2.18. The summed E-state index contributed by atoms with van der Waals surface area (Å²) in [5, 5.41) is 13.9. The number of methoxy groups -OCH3 is 1. The van der Waals surface area contributed by atoms with Gasteiger partial charge in [0.15, 0.2) is 0 Å². The molecule has 1 saturated carbocycles. The average Bonchev–Trinajstić information content (AvgIpc) is 2.79. The van der Waals surface area contributed by atoms with Crippen molar-refractivity contribution in [2.75, 3.05) is 18.2 Å². The molecule has 0 bridgehead atoms. The van der Waals surface area contributed by atoms with E-state index in [2.05, 4.69) is 5.32 Å². The molecule has 0 aromatic heterocycles. The minimum Gasteiger partial charge on any atom is -0.397 e. The Morgan fingerprint density at radius 2 is 2.28 bits per heavy atom. The smallest absolute Gasteiger partial charge is 0.271 e. The molecule has 0 saturated heterocycles. The van der Waals surface area contributed by atoms with Gasteiger partial charge in [-0.1, -0.05) is 0 Å². The first-order valence-corrected chi connectivity index (χ1v) is 5.93. The van der Waals surface area contributed by atoms with Crippen LogP contribution in [0.25, 0.3) is 0 Å². The Morgan fingerprint density at radius 1 is 1.50 bits per heavy atom. The van der Waals surface area contributed by atoms with Crippen LogP contribution in [0.4, 0.5) is 17.1 Å². The Morgan fingerprint density at radius 3 is 2.83 bits per heavy atom. The predicted octanol–water partition coefficient (Wildman–Crippen LogP) is 2.16. The molecule has 6 nitrogen and oxygen atoms in total. The maximum Gasteiger partial charge on any atom is 0.271 e. The minimum absolute atomic E-state index is 0.0132. The Bertz CT molecular complexity index is 450. The number of nitrogens with one attached hydrogen (secondary N) is 1. The third kappa shape index (κ3) is 2.70. The summed E-state index contributed by atoms with van der Waals surface area (Å²) in [7, 11) is 1.72. The normalized spacial score (nSPS) is 22.9. The van der Waals surface area contributed by atoms with E-state index in [0.717, 1.165) is 24.9 Å². The number of benzene rings is 1. The molecule has 1 aromatic carbocycles. The van der Waals surface area contributed by atoms with E-state index in [9.17, 15) is 10.1 Å². The van der Waals surface area contributed by atoms with Gasteiger partial charge < -0.3 is 15.8 Å². The molecule has 0 radical (unpaired) electrons. The van der Waals surface area contributed by atoms with Crippen LogP contribution in [0.15, 0.2) is 18.2 Å². The van der Waals surface area contributed by atoms with E-state index in [1.807, 2.05) is 0 Å². The van der Waals surface area contributed by atoms with Gasteiger partial charge in [0.1, 0.15) is 0 Å². The fourth-order valence-electron chi connectivity index (χ4n) is 2.30. The summed E-state index contributed by atoms with van der Waals surface area (Å²) in [6, 6.07) is 4.82. The first-order valence-electron chi connectivity index (χ1n) is 5.93. The van der Waals surface area contributed by atoms with Crippen LogP contribution in [0.1, 0.15) is 19.3 Å². The zero-order chi connectivity index (χ0) is 13.1. The maximum absolute atomic E-state index is 10.6. The van der Waals surface area contributed by atoms with E-state index in [-0.39, 0.29) is 5.69 Å². The quantitative estimate of drug-likeness (QED) is 0.486. The van der Waals surface area contributed by atoms with Crippen molar-refractivity contribution in [3.8, 4) is 0 Å². The molecule has 2 atom stereocenters. The third-order valence-corrected chi connectivity index (χ3v) is 3.32. The van der Waals surface area contributed by atoms with Crippen LogP contribution in [0, 0.1) is 10.1 Å². The molecule has 0 amide bonds. The highest BCUT2D eigenvalue weighted by atomic mass is 16.6. The molecule has 1 aromatic rings. The Kier molecular flexibility index (Phi) is 3.66. The van der Waals surface area contributed by atoms with E-state index in [0.29, 0.717) is 17.8 Å². The molecule has 1 aliphatic rings. The maximum atomic E-state index is 10.6. The van der Waals surface area contributed by atoms with Gasteiger partial charge in [-0.2, -0.15) is 0 Å². The number of ether oxygens (including phenoxy) is 1. The second kappa shape index (κ2) is 5.22. The highest BCUT2D eigenvalue weighted by Gasteiger charge is 2.24. The van der Waals surface area contributed by atoms with Gasteiger partial charge in [0.2, 0.25) is 0 Å². The van der Waals surface area contributed by atoms with E-state index in [1.165, 1.54) is 12.1 Å². The Hall–Kier alpha value is -1.82. The zero-order valence-corrected chi connectivity index (χ0v) is 10.3. The van der Waals surface area contributed by atoms with Crippen LogP contribution < -0.4 is 11.1 Å². The van der Waals surface area contributed by atoms with Crippen molar-refractivity contribution >= 4 is 17.1 Å². The molecule has 0 aliphatic heterocycles. The molecular formula is C12H17N3O3. The summed E-state index contributed by atoms with van der Waals surface area (Å²) < 4.78 is 5.30. The van der Waals surface area contributed by atoms with Crippen molar-refractivity contribution in [2.24, 2.45) is 0 Å². The number of nitrogen functional groups attached to an aromatic ring is 1. The topological polar surface area (TPSA) is 90.4 Å². The first-order chi connectivity index (χ1) is 8.60. The number of rotatable bonds is 4. The van der Waals surface area contributed by atoms with Gasteiger partial charge in [0.05, 0.1) is 22.4 Å². The third-order valence-electron chi connectivity index (χ3n) is 3.32. The molecule has 1 aliphatic carbocycles. The van der Waals surface area contributed by atoms with Crippen LogP contribution in [0.3, 0.4) is 0 Å². The number of nitro benzene ring substituents is 1. The first kappa shape index (κ1) is 12.6. The predicted molar refractivity (Wildman–Crippen MR) is 69.6 cm³/mol. The summed E-state index contributed by atoms with van der Waals surface area (Å²) >= 11 is 0. The fraction of sp³-hybridized carbons (Fsp3) is 0.500. The number of nitrogens with two attached hydrogens (primary N) is 1. The molecule has 6 heteroatoms. The zero-order valence-electron chi connectivity index (χ0n) is 10.3. The summed E-state index contributed by atoms with van der Waals surface area (Å²) in [4.78, 5) is 10.2. The number of non-ortho nitro benzene ring substituents is 1. The standard InChI is InChI=1S/C12H17N3O3/c1-18-10-4-2-8(6-10)14-12-5-3-9(15(16)17)7-11(12)13/h3,5,7-8,10,14H,2,4,6,13H2,1H3. The number of hydrogen-bond donors (Lipinski definition) is 2. The van der Waals surface area contributed by atoms with Gasteiger partial charge in [0.25, 0.3) is 5.69 Å². The number of hydrogen-bond acceptors (Lipinski definition) is 5. The Labute approximate surface area is 105 Å². The van der Waals surface area contributed by atoms with Gasteiger partial charge in [-0.15, -0.1) is 0 Å². The van der Waals surface area contributed by atoms with Gasteiger partial charge in [0, 0.05) is 25.3 Å². The van der Waals surface area contributed by atoms with Crippen molar-refractivity contribution < 1.29 is 9.66 Å². The number of nitrogens with zero attached hydrogens (tertiary/aromatic N) is 1. The summed E-state index contributed by atoms with van der Waals surface area (Å²) in [5.74, 6) is 0. The largest absolute Gasteiger partial charge is 0.397 e. The summed E-state index contributed by atoms with van der Waals surface area (Å²) in [6.45, 7) is 0. The van der Waals surface area contributed by atoms with Gasteiger partial charge in [-0.05, 0) is 25.3 Å². The monoisotopic (exact) mass is 251 g/mol. The van der Waals surface area contributed by atoms with E-state index in [4.69, 9.17) is 10.5 Å². The summed E-state index contributed by atoms with van der Waals surface area (Å²) in [6.07, 6.45) is 3.28. The molecule has 3 N–H and O–H groups in total. The number of anilines is 2. The lowest BCUT2D eigenvalue weighted by atomic mass is 10.2. The lowest BCUT2D eigenvalue weighted by molar-refractivity contribution is -0.384. The van der Waals surface area contributed by atoms with Crippen LogP contribution in [-0.4, -0.2) is 24.2 Å². The highest BCUT2D eigenvalue weighted by Crippen LogP contribution is 2.29. The molecular weight excluding hydrogens is 234 g/mol. The van der Waals surface area contributed by atoms with Gasteiger partial charge >= 0.3 is 0 Å². The van der Waals surface area contributed by atoms with E-state index >= 15 is 0 Å². The van der Waals surface area contributed by atoms with Gasteiger partial charge in [-0.25, -0.2) is 0 Å². The lowest BCUT2D eigenvalue weighted by Gasteiger charge is -2.15. The van der Waals surface area contributed by atoms with Crippen molar-refractivity contribution in [2.45, 2.75) is 31.4 Å². The molecule has 1 fully saturated rings. The number of nitro groups is 1. The van der Waals surface area contributed by atoms with Crippen molar-refractivity contribution in [1.29, 1.82) is 0 Å². The molecule has 2 unspecified atom stereocenters.